The molecule has 0 aliphatic heterocycles. The van der Waals surface area contributed by atoms with Crippen molar-refractivity contribution in [2.24, 2.45) is 0 Å². The highest BCUT2D eigenvalue weighted by Gasteiger charge is 2.26. The van der Waals surface area contributed by atoms with E-state index in [4.69, 9.17) is 37.7 Å². The van der Waals surface area contributed by atoms with E-state index in [1.54, 1.807) is 48.5 Å². The maximum Gasteiger partial charge on any atom is 0.339 e. The van der Waals surface area contributed by atoms with Gasteiger partial charge in [-0.1, -0.05) is 42.5 Å². The number of ketones is 1. The molecule has 0 saturated carbocycles. The molecule has 0 saturated heterocycles. The molecule has 0 atom stereocenters. The molecule has 304 valence electrons. The van der Waals surface area contributed by atoms with Gasteiger partial charge in [0.2, 0.25) is 0 Å². The average Bonchev–Trinajstić information content (AvgIpc) is 3.17. The summed E-state index contributed by atoms with van der Waals surface area (Å²) in [6.45, 7) is -0.472. The summed E-state index contributed by atoms with van der Waals surface area (Å²) in [7, 11) is 1.13. The Hall–Kier alpha value is -6.21. The highest BCUT2D eigenvalue weighted by atomic mass is 32.2. The standard InChI is InChI=1S/C36H40N2O13.CH4O3S/c1-24(39)26-17-29(38(21-34(42)47-4)22-35(43)48-5)31(18-27(26)36(44)51-23-25-11-7-6-8-12-25)50-16-15-49-30-14-10-9-13-28(30)37(19-32(40)45-2)20-33(41)46-3;1-5(2,3)4/h6-14,17-18H,15-16,19-23H2,1-5H3;1H3,(H,2,3,4). The summed E-state index contributed by atoms with van der Waals surface area (Å²) < 4.78 is 62.6. The first kappa shape index (κ1) is 45.9. The summed E-state index contributed by atoms with van der Waals surface area (Å²) in [5.41, 5.74) is 1.07. The van der Waals surface area contributed by atoms with Crippen LogP contribution >= 0.6 is 0 Å². The molecule has 18 nitrogen and oxygen atoms in total. The molecule has 0 aromatic heterocycles. The first-order valence-electron chi connectivity index (χ1n) is 16.4. The molecule has 56 heavy (non-hydrogen) atoms. The molecule has 0 radical (unpaired) electrons. The number of rotatable bonds is 19. The number of hydrogen-bond acceptors (Lipinski definition) is 17. The van der Waals surface area contributed by atoms with Crippen molar-refractivity contribution in [1.82, 2.24) is 0 Å². The van der Waals surface area contributed by atoms with Gasteiger partial charge in [-0.3, -0.25) is 28.5 Å². The second-order valence-electron chi connectivity index (χ2n) is 11.4. The molecular weight excluding hydrogens is 760 g/mol. The summed E-state index contributed by atoms with van der Waals surface area (Å²) in [5.74, 6) is -3.60. The molecule has 3 aromatic rings. The van der Waals surface area contributed by atoms with Crippen molar-refractivity contribution in [1.29, 1.82) is 0 Å². The van der Waals surface area contributed by atoms with E-state index in [2.05, 4.69) is 0 Å². The maximum absolute atomic E-state index is 13.4. The fourth-order valence-corrected chi connectivity index (χ4v) is 4.67. The van der Waals surface area contributed by atoms with Crippen molar-refractivity contribution >= 4 is 57.1 Å². The molecule has 19 heteroatoms. The van der Waals surface area contributed by atoms with Crippen molar-refractivity contribution in [2.45, 2.75) is 13.5 Å². The molecule has 0 fully saturated rings. The third kappa shape index (κ3) is 16.0. The summed E-state index contributed by atoms with van der Waals surface area (Å²) in [4.78, 5) is 77.9. The van der Waals surface area contributed by atoms with Crippen LogP contribution in [-0.4, -0.2) is 123 Å². The van der Waals surface area contributed by atoms with Crippen molar-refractivity contribution in [3.8, 4) is 11.5 Å². The van der Waals surface area contributed by atoms with E-state index in [0.29, 0.717) is 17.7 Å². The molecule has 0 aliphatic carbocycles. The zero-order chi connectivity index (χ0) is 41.8. The second kappa shape index (κ2) is 22.9. The smallest absolute Gasteiger partial charge is 0.339 e. The summed E-state index contributed by atoms with van der Waals surface area (Å²) in [5, 5.41) is 0. The number of carbonyl (C=O) groups excluding carboxylic acids is 6. The second-order valence-corrected chi connectivity index (χ2v) is 12.9. The molecular formula is C37H44N2O16S. The van der Waals surface area contributed by atoms with Crippen molar-refractivity contribution in [3.05, 3.63) is 83.4 Å². The Balaban J connectivity index is 0.00000203. The molecule has 3 aromatic carbocycles. The van der Waals surface area contributed by atoms with Gasteiger partial charge in [-0.15, -0.1) is 0 Å². The SMILES string of the molecule is COC(=O)CN(CC(=O)OC)c1ccccc1OCCOc1cc(C(=O)OCc2ccccc2)c(C(C)=O)cc1N(CC(=O)OC)CC(=O)OC.CS(=O)(=O)O. The Kier molecular flexibility index (Phi) is 18.8. The minimum atomic E-state index is -3.67. The van der Waals surface area contributed by atoms with Gasteiger partial charge in [0.25, 0.3) is 10.1 Å². The Morgan fingerprint density at radius 1 is 0.607 bits per heavy atom. The lowest BCUT2D eigenvalue weighted by atomic mass is 10.0. The number of ether oxygens (including phenoxy) is 7. The predicted octanol–water partition coefficient (Wildman–Crippen LogP) is 2.51. The van der Waals surface area contributed by atoms with Crippen LogP contribution in [-0.2, 0) is 59.6 Å². The van der Waals surface area contributed by atoms with Gasteiger partial charge in [-0.05, 0) is 36.8 Å². The largest absolute Gasteiger partial charge is 0.488 e. The monoisotopic (exact) mass is 804 g/mol. The minimum Gasteiger partial charge on any atom is -0.488 e. The molecule has 0 heterocycles. The Labute approximate surface area is 323 Å². The number of esters is 5. The summed E-state index contributed by atoms with van der Waals surface area (Å²) in [6.07, 6.45) is 0.715. The summed E-state index contributed by atoms with van der Waals surface area (Å²) in [6, 6.07) is 18.2. The number of carbonyl (C=O) groups is 6. The zero-order valence-electron chi connectivity index (χ0n) is 31.7. The number of methoxy groups -OCH3 is 4. The number of nitrogens with zero attached hydrogens (tertiary/aromatic N) is 2. The van der Waals surface area contributed by atoms with Gasteiger partial charge in [0.15, 0.2) is 5.78 Å². The Morgan fingerprint density at radius 2 is 1.04 bits per heavy atom. The van der Waals surface area contributed by atoms with E-state index in [-0.39, 0.29) is 55.5 Å². The van der Waals surface area contributed by atoms with Crippen LogP contribution < -0.4 is 19.3 Å². The zero-order valence-corrected chi connectivity index (χ0v) is 32.5. The van der Waals surface area contributed by atoms with Gasteiger partial charge in [0.05, 0.1) is 51.6 Å². The average molecular weight is 805 g/mol. The van der Waals surface area contributed by atoms with Crippen LogP contribution in [0, 0.1) is 0 Å². The van der Waals surface area contributed by atoms with Gasteiger partial charge >= 0.3 is 29.8 Å². The number of para-hydroxylation sites is 2. The number of Topliss-reactive ketones (excluding diaryl/α,β-unsaturated/α-hetero) is 1. The number of hydrogen-bond donors (Lipinski definition) is 1. The lowest BCUT2D eigenvalue weighted by molar-refractivity contribution is -0.141. The molecule has 0 bridgehead atoms. The molecule has 0 spiro atoms. The molecule has 0 unspecified atom stereocenters. The van der Waals surface area contributed by atoms with Crippen LogP contribution in [0.15, 0.2) is 66.7 Å². The Morgan fingerprint density at radius 3 is 1.50 bits per heavy atom. The quantitative estimate of drug-likeness (QED) is 0.0603. The highest BCUT2D eigenvalue weighted by molar-refractivity contribution is 7.85. The van der Waals surface area contributed by atoms with Gasteiger partial charge in [-0.25, -0.2) is 4.79 Å². The first-order chi connectivity index (χ1) is 26.5. The fraction of sp³-hybridized carbons (Fsp3) is 0.351. The lowest BCUT2D eigenvalue weighted by Crippen LogP contribution is -2.36. The van der Waals surface area contributed by atoms with Crippen LogP contribution in [0.4, 0.5) is 11.4 Å². The lowest BCUT2D eigenvalue weighted by Gasteiger charge is -2.26. The van der Waals surface area contributed by atoms with Crippen LogP contribution in [0.3, 0.4) is 0 Å². The molecule has 1 N–H and O–H groups in total. The van der Waals surface area contributed by atoms with Crippen LogP contribution in [0.2, 0.25) is 0 Å². The van der Waals surface area contributed by atoms with E-state index >= 15 is 0 Å². The van der Waals surface area contributed by atoms with E-state index in [0.717, 1.165) is 5.56 Å². The minimum absolute atomic E-state index is 0.00867. The number of benzene rings is 3. The molecule has 0 aliphatic rings. The topological polar surface area (TPSA) is 228 Å². The third-order valence-electron chi connectivity index (χ3n) is 7.25. The fourth-order valence-electron chi connectivity index (χ4n) is 4.67. The van der Waals surface area contributed by atoms with Gasteiger partial charge in [-0.2, -0.15) is 8.42 Å². The molecule has 0 amide bonds. The van der Waals surface area contributed by atoms with Crippen LogP contribution in [0.5, 0.6) is 11.5 Å². The van der Waals surface area contributed by atoms with Crippen molar-refractivity contribution < 1.29 is 74.9 Å². The van der Waals surface area contributed by atoms with Crippen LogP contribution in [0.25, 0.3) is 0 Å². The van der Waals surface area contributed by atoms with E-state index in [9.17, 15) is 37.2 Å². The Bertz CT molecular complexity index is 1890. The first-order valence-corrected chi connectivity index (χ1v) is 18.3. The van der Waals surface area contributed by atoms with E-state index in [1.165, 1.54) is 57.3 Å². The van der Waals surface area contributed by atoms with Gasteiger partial charge < -0.3 is 43.0 Å². The van der Waals surface area contributed by atoms with E-state index in [1.807, 2.05) is 6.07 Å². The van der Waals surface area contributed by atoms with E-state index < -0.39 is 58.8 Å². The maximum atomic E-state index is 13.4. The van der Waals surface area contributed by atoms with Crippen molar-refractivity contribution in [3.63, 3.8) is 0 Å². The van der Waals surface area contributed by atoms with Gasteiger partial charge in [0.1, 0.15) is 57.5 Å². The van der Waals surface area contributed by atoms with Crippen LogP contribution in [0.1, 0.15) is 33.2 Å². The third-order valence-corrected chi connectivity index (χ3v) is 7.25. The van der Waals surface area contributed by atoms with Gasteiger partial charge in [0, 0.05) is 5.56 Å². The predicted molar refractivity (Wildman–Crippen MR) is 199 cm³/mol. The number of anilines is 2. The van der Waals surface area contributed by atoms with Crippen molar-refractivity contribution in [2.75, 3.05) is 83.9 Å². The summed E-state index contributed by atoms with van der Waals surface area (Å²) >= 11 is 0. The normalized spacial score (nSPS) is 10.4. The highest BCUT2D eigenvalue weighted by Crippen LogP contribution is 2.34. The molecule has 3 rings (SSSR count).